The van der Waals surface area contributed by atoms with Gasteiger partial charge in [-0.3, -0.25) is 14.4 Å². The fourth-order valence-electron chi connectivity index (χ4n) is 8.33. The number of hydrogen-bond acceptors (Lipinski definition) is 6. The number of carbonyl (C=O) groups excluding carboxylic acids is 3. The van der Waals surface area contributed by atoms with Gasteiger partial charge < -0.3 is 14.2 Å². The van der Waals surface area contributed by atoms with Crippen LogP contribution in [0.2, 0.25) is 0 Å². The van der Waals surface area contributed by atoms with Crippen molar-refractivity contribution < 1.29 is 28.6 Å². The third kappa shape index (κ3) is 55.6. The molecule has 0 heterocycles. The number of esters is 3. The molecule has 0 rings (SSSR count). The van der Waals surface area contributed by atoms with Crippen molar-refractivity contribution in [2.45, 2.75) is 297 Å². The molecule has 0 bridgehead atoms. The van der Waals surface area contributed by atoms with Crippen LogP contribution in [0, 0.1) is 0 Å². The Kier molecular flexibility index (Phi) is 54.8. The van der Waals surface area contributed by atoms with E-state index in [-0.39, 0.29) is 31.1 Å². The molecule has 1 unspecified atom stereocenters. The smallest absolute Gasteiger partial charge is 0.306 e. The van der Waals surface area contributed by atoms with Crippen molar-refractivity contribution in [1.82, 2.24) is 0 Å². The highest BCUT2D eigenvalue weighted by Crippen LogP contribution is 2.16. The van der Waals surface area contributed by atoms with Crippen molar-refractivity contribution in [2.24, 2.45) is 0 Å². The molecule has 0 N–H and O–H groups in total. The predicted molar refractivity (Wildman–Crippen MR) is 298 cm³/mol. The molecule has 0 aliphatic heterocycles. The standard InChI is InChI=1S/C63H110O6/c1-4-7-10-13-16-19-22-23-24-25-26-27-28-29-30-31-32-33-34-35-36-37-38-39-42-44-47-50-53-56-62(65)68-59-60(69-63(66)57-54-51-48-45-41-21-18-15-12-9-6-3)58-67-61(64)55-52-49-46-43-40-20-17-14-11-8-5-2/h7,10,16,19,23-24,26-27,29-30,32-33,60H,4-6,8-9,11-15,17-18,20-22,25,28,31,34-59H2,1-3H3/b10-7-,19-16-,24-23-,27-26-,30-29-,33-32-. The van der Waals surface area contributed by atoms with E-state index in [0.717, 1.165) is 96.3 Å². The Morgan fingerprint density at radius 1 is 0.304 bits per heavy atom. The predicted octanol–water partition coefficient (Wildman–Crippen LogP) is 19.8. The molecule has 0 aromatic rings. The minimum atomic E-state index is -0.771. The molecule has 0 amide bonds. The van der Waals surface area contributed by atoms with Crippen LogP contribution < -0.4 is 0 Å². The Bertz CT molecular complexity index is 1290. The van der Waals surface area contributed by atoms with Crippen molar-refractivity contribution in [3.05, 3.63) is 72.9 Å². The van der Waals surface area contributed by atoms with Gasteiger partial charge in [0.2, 0.25) is 0 Å². The zero-order valence-electron chi connectivity index (χ0n) is 45.6. The quantitative estimate of drug-likeness (QED) is 0.0262. The van der Waals surface area contributed by atoms with Gasteiger partial charge in [-0.15, -0.1) is 0 Å². The van der Waals surface area contributed by atoms with Gasteiger partial charge in [-0.1, -0.05) is 273 Å². The zero-order valence-corrected chi connectivity index (χ0v) is 45.6. The average molecular weight is 964 g/mol. The minimum Gasteiger partial charge on any atom is -0.462 e. The first-order valence-corrected chi connectivity index (χ1v) is 29.4. The largest absolute Gasteiger partial charge is 0.462 e. The Labute approximate surface area is 427 Å². The van der Waals surface area contributed by atoms with E-state index < -0.39 is 6.10 Å². The molecule has 0 aliphatic carbocycles. The van der Waals surface area contributed by atoms with Gasteiger partial charge in [0.25, 0.3) is 0 Å². The molecular weight excluding hydrogens is 853 g/mol. The highest BCUT2D eigenvalue weighted by atomic mass is 16.6. The average Bonchev–Trinajstić information content (AvgIpc) is 3.35. The molecule has 0 spiro atoms. The molecule has 0 radical (unpaired) electrons. The summed E-state index contributed by atoms with van der Waals surface area (Å²) in [4.78, 5) is 38.0. The Balaban J connectivity index is 4.16. The van der Waals surface area contributed by atoms with E-state index in [2.05, 4.69) is 93.7 Å². The van der Waals surface area contributed by atoms with Gasteiger partial charge in [0, 0.05) is 19.3 Å². The molecular formula is C63H110O6. The van der Waals surface area contributed by atoms with Crippen molar-refractivity contribution in [3.8, 4) is 0 Å². The lowest BCUT2D eigenvalue weighted by atomic mass is 10.0. The molecule has 0 aliphatic rings. The van der Waals surface area contributed by atoms with Crippen LogP contribution in [0.25, 0.3) is 0 Å². The summed E-state index contributed by atoms with van der Waals surface area (Å²) in [5.74, 6) is -0.868. The van der Waals surface area contributed by atoms with Crippen LogP contribution in [0.4, 0.5) is 0 Å². The van der Waals surface area contributed by atoms with Gasteiger partial charge in [-0.05, 0) is 70.6 Å². The van der Waals surface area contributed by atoms with Crippen molar-refractivity contribution in [3.63, 3.8) is 0 Å². The molecule has 6 heteroatoms. The summed E-state index contributed by atoms with van der Waals surface area (Å²) >= 11 is 0. The van der Waals surface area contributed by atoms with E-state index in [4.69, 9.17) is 14.2 Å². The van der Waals surface area contributed by atoms with E-state index in [1.807, 2.05) is 0 Å². The molecule has 69 heavy (non-hydrogen) atoms. The van der Waals surface area contributed by atoms with E-state index in [1.54, 1.807) is 0 Å². The summed E-state index contributed by atoms with van der Waals surface area (Å²) in [5, 5.41) is 0. The Morgan fingerprint density at radius 2 is 0.565 bits per heavy atom. The Hall–Kier alpha value is -3.15. The number of unbranched alkanes of at least 4 members (excludes halogenated alkanes) is 30. The molecule has 0 saturated heterocycles. The van der Waals surface area contributed by atoms with Crippen LogP contribution in [-0.4, -0.2) is 37.2 Å². The first-order chi connectivity index (χ1) is 34.0. The molecule has 1 atom stereocenters. The lowest BCUT2D eigenvalue weighted by Gasteiger charge is -2.18. The van der Waals surface area contributed by atoms with E-state index >= 15 is 0 Å². The normalized spacial score (nSPS) is 12.6. The molecule has 398 valence electrons. The highest BCUT2D eigenvalue weighted by Gasteiger charge is 2.19. The Morgan fingerprint density at radius 3 is 0.884 bits per heavy atom. The fourth-order valence-corrected chi connectivity index (χ4v) is 8.33. The van der Waals surface area contributed by atoms with Crippen molar-refractivity contribution >= 4 is 17.9 Å². The van der Waals surface area contributed by atoms with Crippen LogP contribution in [0.5, 0.6) is 0 Å². The number of allylic oxidation sites excluding steroid dienone is 12. The lowest BCUT2D eigenvalue weighted by molar-refractivity contribution is -0.167. The number of rotatable bonds is 53. The van der Waals surface area contributed by atoms with Crippen LogP contribution >= 0.6 is 0 Å². The monoisotopic (exact) mass is 963 g/mol. The van der Waals surface area contributed by atoms with Gasteiger partial charge in [0.15, 0.2) is 6.10 Å². The van der Waals surface area contributed by atoms with E-state index in [9.17, 15) is 14.4 Å². The third-order valence-corrected chi connectivity index (χ3v) is 12.7. The van der Waals surface area contributed by atoms with Gasteiger partial charge >= 0.3 is 17.9 Å². The van der Waals surface area contributed by atoms with E-state index in [1.165, 1.54) is 154 Å². The summed E-state index contributed by atoms with van der Waals surface area (Å²) < 4.78 is 16.8. The summed E-state index contributed by atoms with van der Waals surface area (Å²) in [5.41, 5.74) is 0. The molecule has 0 aromatic heterocycles. The summed E-state index contributed by atoms with van der Waals surface area (Å²) in [6.07, 6.45) is 73.3. The molecule has 0 saturated carbocycles. The van der Waals surface area contributed by atoms with Gasteiger partial charge in [0.05, 0.1) is 0 Å². The molecule has 6 nitrogen and oxygen atoms in total. The second-order valence-corrected chi connectivity index (χ2v) is 19.5. The van der Waals surface area contributed by atoms with Gasteiger partial charge in [0.1, 0.15) is 13.2 Å². The van der Waals surface area contributed by atoms with E-state index in [0.29, 0.717) is 19.3 Å². The maximum absolute atomic E-state index is 12.8. The molecule has 0 aromatic carbocycles. The number of carbonyl (C=O) groups is 3. The second kappa shape index (κ2) is 57.4. The maximum atomic E-state index is 12.8. The summed E-state index contributed by atoms with van der Waals surface area (Å²) in [7, 11) is 0. The summed E-state index contributed by atoms with van der Waals surface area (Å²) in [6, 6.07) is 0. The number of ether oxygens (including phenoxy) is 3. The van der Waals surface area contributed by atoms with Crippen molar-refractivity contribution in [1.29, 1.82) is 0 Å². The highest BCUT2D eigenvalue weighted by molar-refractivity contribution is 5.71. The van der Waals surface area contributed by atoms with Crippen LogP contribution in [-0.2, 0) is 28.6 Å². The first kappa shape index (κ1) is 65.8. The van der Waals surface area contributed by atoms with Crippen molar-refractivity contribution in [2.75, 3.05) is 13.2 Å². The first-order valence-electron chi connectivity index (χ1n) is 29.4. The fraction of sp³-hybridized carbons (Fsp3) is 0.762. The SMILES string of the molecule is CC/C=C\C/C=C\C/C=C\C/C=C\C/C=C\C/C=C\CCCCCCCCCCCCC(=O)OCC(COC(=O)CCCCCCCCCCCCC)OC(=O)CCCCCCCCCCCCC. The second-order valence-electron chi connectivity index (χ2n) is 19.5. The maximum Gasteiger partial charge on any atom is 0.306 e. The van der Waals surface area contributed by atoms with Gasteiger partial charge in [-0.2, -0.15) is 0 Å². The third-order valence-electron chi connectivity index (χ3n) is 12.7. The zero-order chi connectivity index (χ0) is 50.0. The topological polar surface area (TPSA) is 78.9 Å². The minimum absolute atomic E-state index is 0.0718. The summed E-state index contributed by atoms with van der Waals surface area (Å²) in [6.45, 7) is 6.53. The lowest BCUT2D eigenvalue weighted by Crippen LogP contribution is -2.30. The van der Waals surface area contributed by atoms with Crippen LogP contribution in [0.3, 0.4) is 0 Å². The van der Waals surface area contributed by atoms with Crippen LogP contribution in [0.15, 0.2) is 72.9 Å². The number of hydrogen-bond donors (Lipinski definition) is 0. The molecule has 0 fully saturated rings. The van der Waals surface area contributed by atoms with Gasteiger partial charge in [-0.25, -0.2) is 0 Å². The van der Waals surface area contributed by atoms with Crippen LogP contribution in [0.1, 0.15) is 290 Å².